The standard InChI is InChI=1S/C16H13N3O4/c20-16(21)11-5-7-13(8-6-11)18-10-12(9-17-18)14-3-1-2-4-15(14)19(22)23/h1-10,22-23H,(H,20,21)/p-1. The van der Waals surface area contributed by atoms with E-state index in [1.54, 1.807) is 53.5 Å². The minimum absolute atomic E-state index is 0.0569. The number of aromatic carboxylic acids is 1. The Morgan fingerprint density at radius 2 is 1.78 bits per heavy atom. The summed E-state index contributed by atoms with van der Waals surface area (Å²) in [5.74, 6) is -1.24. The highest BCUT2D eigenvalue weighted by molar-refractivity contribution is 5.86. The predicted octanol–water partition coefficient (Wildman–Crippen LogP) is 1.49. The molecule has 2 aromatic carbocycles. The molecule has 0 atom stereocenters. The molecular weight excluding hydrogens is 298 g/mol. The maximum atomic E-state index is 10.8. The number of hydrogen-bond acceptors (Lipinski definition) is 6. The monoisotopic (exact) mass is 310 g/mol. The molecule has 1 aromatic heterocycles. The van der Waals surface area contributed by atoms with Crippen molar-refractivity contribution in [3.8, 4) is 16.8 Å². The Bertz CT molecular complexity index is 841. The molecule has 23 heavy (non-hydrogen) atoms. The fourth-order valence-corrected chi connectivity index (χ4v) is 2.25. The number of rotatable bonds is 4. The third-order valence-electron chi connectivity index (χ3n) is 3.38. The van der Waals surface area contributed by atoms with Crippen LogP contribution < -0.4 is 10.3 Å². The average Bonchev–Trinajstić information content (AvgIpc) is 3.04. The van der Waals surface area contributed by atoms with E-state index in [2.05, 4.69) is 5.10 Å². The molecule has 116 valence electrons. The molecule has 0 amide bonds. The van der Waals surface area contributed by atoms with E-state index in [4.69, 9.17) is 0 Å². The van der Waals surface area contributed by atoms with Crippen LogP contribution in [0.5, 0.6) is 0 Å². The largest absolute Gasteiger partial charge is 0.545 e. The third kappa shape index (κ3) is 2.91. The number of nitrogens with zero attached hydrogens (tertiary/aromatic N) is 3. The van der Waals surface area contributed by atoms with Crippen LogP contribution in [0.1, 0.15) is 10.4 Å². The van der Waals surface area contributed by atoms with E-state index in [0.29, 0.717) is 16.8 Å². The summed E-state index contributed by atoms with van der Waals surface area (Å²) in [5.41, 5.74) is 2.25. The molecule has 0 aliphatic heterocycles. The lowest BCUT2D eigenvalue weighted by molar-refractivity contribution is -0.255. The van der Waals surface area contributed by atoms with E-state index in [1.807, 2.05) is 0 Å². The van der Waals surface area contributed by atoms with Gasteiger partial charge in [0.15, 0.2) is 0 Å². The van der Waals surface area contributed by atoms with Crippen LogP contribution in [-0.4, -0.2) is 26.2 Å². The van der Waals surface area contributed by atoms with Crippen LogP contribution in [0.2, 0.25) is 0 Å². The molecule has 0 fully saturated rings. The molecule has 3 rings (SSSR count). The van der Waals surface area contributed by atoms with Crippen LogP contribution in [0.3, 0.4) is 0 Å². The molecule has 7 heteroatoms. The number of carbonyl (C=O) groups is 1. The number of benzene rings is 2. The van der Waals surface area contributed by atoms with Crippen LogP contribution in [-0.2, 0) is 0 Å². The predicted molar refractivity (Wildman–Crippen MR) is 79.4 cm³/mol. The van der Waals surface area contributed by atoms with Crippen LogP contribution in [0.15, 0.2) is 60.9 Å². The summed E-state index contributed by atoms with van der Waals surface area (Å²) in [6.45, 7) is 0. The van der Waals surface area contributed by atoms with Crippen molar-refractivity contribution in [2.24, 2.45) is 0 Å². The van der Waals surface area contributed by atoms with E-state index in [-0.39, 0.29) is 16.5 Å². The molecule has 0 saturated carbocycles. The fourth-order valence-electron chi connectivity index (χ4n) is 2.25. The van der Waals surface area contributed by atoms with Gasteiger partial charge in [-0.15, -0.1) is 5.23 Å². The first kappa shape index (κ1) is 14.8. The van der Waals surface area contributed by atoms with E-state index in [0.717, 1.165) is 0 Å². The van der Waals surface area contributed by atoms with E-state index >= 15 is 0 Å². The van der Waals surface area contributed by atoms with Gasteiger partial charge in [0.25, 0.3) is 0 Å². The molecule has 2 N–H and O–H groups in total. The summed E-state index contributed by atoms with van der Waals surface area (Å²) in [4.78, 5) is 10.8. The Kier molecular flexibility index (Phi) is 3.80. The minimum atomic E-state index is -1.24. The van der Waals surface area contributed by atoms with Crippen LogP contribution >= 0.6 is 0 Å². The van der Waals surface area contributed by atoms with Crippen molar-refractivity contribution in [1.82, 2.24) is 9.78 Å². The molecule has 3 aromatic rings. The molecule has 1 heterocycles. The van der Waals surface area contributed by atoms with Gasteiger partial charge in [-0.2, -0.15) is 5.10 Å². The highest BCUT2D eigenvalue weighted by atomic mass is 16.8. The van der Waals surface area contributed by atoms with Crippen LogP contribution in [0, 0.1) is 0 Å². The highest BCUT2D eigenvalue weighted by Crippen LogP contribution is 2.29. The molecular formula is C16H12N3O4-. The summed E-state index contributed by atoms with van der Waals surface area (Å²) in [5, 5.41) is 33.6. The van der Waals surface area contributed by atoms with Crippen molar-refractivity contribution in [3.63, 3.8) is 0 Å². The van der Waals surface area contributed by atoms with Gasteiger partial charge in [-0.05, 0) is 23.8 Å². The Hall–Kier alpha value is -3.16. The topological polar surface area (TPSA) is 102 Å². The zero-order valence-electron chi connectivity index (χ0n) is 11.8. The Labute approximate surface area is 131 Å². The van der Waals surface area contributed by atoms with E-state index in [1.165, 1.54) is 12.1 Å². The van der Waals surface area contributed by atoms with E-state index < -0.39 is 5.97 Å². The van der Waals surface area contributed by atoms with Crippen molar-refractivity contribution in [3.05, 3.63) is 66.5 Å². The van der Waals surface area contributed by atoms with Gasteiger partial charge in [-0.1, -0.05) is 30.3 Å². The molecule has 7 nitrogen and oxygen atoms in total. The lowest BCUT2D eigenvalue weighted by atomic mass is 10.1. The van der Waals surface area contributed by atoms with Gasteiger partial charge in [-0.25, -0.2) is 4.68 Å². The number of carbonyl (C=O) groups excluding carboxylic acids is 1. The van der Waals surface area contributed by atoms with Crippen LogP contribution in [0.4, 0.5) is 5.69 Å². The number of carboxylic acids is 1. The summed E-state index contributed by atoms with van der Waals surface area (Å²) in [6.07, 6.45) is 3.28. The lowest BCUT2D eigenvalue weighted by Crippen LogP contribution is -2.22. The van der Waals surface area contributed by atoms with Crippen molar-refractivity contribution < 1.29 is 20.3 Å². The second-order valence-corrected chi connectivity index (χ2v) is 4.81. The molecule has 0 bridgehead atoms. The average molecular weight is 310 g/mol. The van der Waals surface area contributed by atoms with Gasteiger partial charge in [-0.3, -0.25) is 10.4 Å². The first-order chi connectivity index (χ1) is 11.1. The second-order valence-electron chi connectivity index (χ2n) is 4.81. The fraction of sp³-hybridized carbons (Fsp3) is 0. The molecule has 0 aliphatic carbocycles. The van der Waals surface area contributed by atoms with Crippen LogP contribution in [0.25, 0.3) is 16.8 Å². The smallest absolute Gasteiger partial charge is 0.102 e. The van der Waals surface area contributed by atoms with Gasteiger partial charge in [0.05, 0.1) is 17.9 Å². The zero-order chi connectivity index (χ0) is 16.4. The van der Waals surface area contributed by atoms with Gasteiger partial charge in [0, 0.05) is 17.3 Å². The summed E-state index contributed by atoms with van der Waals surface area (Å²) < 4.78 is 1.56. The van der Waals surface area contributed by atoms with Gasteiger partial charge >= 0.3 is 0 Å². The van der Waals surface area contributed by atoms with E-state index in [9.17, 15) is 20.3 Å². The Morgan fingerprint density at radius 3 is 2.43 bits per heavy atom. The molecule has 0 radical (unpaired) electrons. The number of para-hydroxylation sites is 1. The quantitative estimate of drug-likeness (QED) is 0.708. The summed E-state index contributed by atoms with van der Waals surface area (Å²) >= 11 is 0. The molecule has 0 saturated heterocycles. The minimum Gasteiger partial charge on any atom is -0.545 e. The summed E-state index contributed by atoms with van der Waals surface area (Å²) in [6, 6.07) is 12.8. The third-order valence-corrected chi connectivity index (χ3v) is 3.38. The Balaban J connectivity index is 1.96. The normalized spacial score (nSPS) is 10.5. The zero-order valence-corrected chi connectivity index (χ0v) is 11.8. The maximum Gasteiger partial charge on any atom is 0.102 e. The SMILES string of the molecule is O=C([O-])c1ccc(-n2cc(-c3ccccc3N(O)O)cn2)cc1. The van der Waals surface area contributed by atoms with Crippen molar-refractivity contribution in [2.45, 2.75) is 0 Å². The number of hydrogen-bond donors (Lipinski definition) is 2. The van der Waals surface area contributed by atoms with Crippen molar-refractivity contribution in [2.75, 3.05) is 5.23 Å². The Morgan fingerprint density at radius 1 is 1.09 bits per heavy atom. The molecule has 0 aliphatic rings. The molecule has 0 spiro atoms. The first-order valence-electron chi connectivity index (χ1n) is 6.70. The summed E-state index contributed by atoms with van der Waals surface area (Å²) in [7, 11) is 0. The van der Waals surface area contributed by atoms with Crippen molar-refractivity contribution in [1.29, 1.82) is 0 Å². The number of carboxylic acid groups (broad SMARTS) is 1. The van der Waals surface area contributed by atoms with Gasteiger partial charge in [0.2, 0.25) is 0 Å². The number of anilines is 1. The lowest BCUT2D eigenvalue weighted by Gasteiger charge is -2.11. The van der Waals surface area contributed by atoms with Gasteiger partial charge < -0.3 is 9.90 Å². The first-order valence-corrected chi connectivity index (χ1v) is 6.70. The van der Waals surface area contributed by atoms with Gasteiger partial charge in [0.1, 0.15) is 5.69 Å². The molecule has 0 unspecified atom stereocenters. The maximum absolute atomic E-state index is 10.8. The highest BCUT2D eigenvalue weighted by Gasteiger charge is 2.11. The van der Waals surface area contributed by atoms with Crippen molar-refractivity contribution >= 4 is 11.7 Å². The second kappa shape index (κ2) is 5.91. The number of aromatic nitrogens is 2.